The summed E-state index contributed by atoms with van der Waals surface area (Å²) in [5.41, 5.74) is 7.82. The summed E-state index contributed by atoms with van der Waals surface area (Å²) < 4.78 is 24.1. The molecule has 0 radical (unpaired) electrons. The molecule has 6 aromatic rings. The Morgan fingerprint density at radius 3 is 1.80 bits per heavy atom. The highest BCUT2D eigenvalue weighted by atomic mass is 19.1. The summed E-state index contributed by atoms with van der Waals surface area (Å²) in [4.78, 5) is 21.3. The first-order valence-corrected chi connectivity index (χ1v) is 13.6. The molecule has 8 nitrogen and oxygen atoms in total. The molecule has 0 amide bonds. The van der Waals surface area contributed by atoms with Crippen LogP contribution in [0.1, 0.15) is 0 Å². The SMILES string of the molecule is COc1ccc(-c2nc3ccc(-c4nc5ccc(N6CCN(c7ccc(F)cc7)CC6)cc5[nH]4)cc3[nH]2)cc1OC. The maximum absolute atomic E-state index is 13.3. The van der Waals surface area contributed by atoms with Crippen molar-refractivity contribution in [3.8, 4) is 34.3 Å². The van der Waals surface area contributed by atoms with Crippen LogP contribution in [0.3, 0.4) is 0 Å². The number of aromatic amines is 2. The number of nitrogens with one attached hydrogen (secondary N) is 2. The van der Waals surface area contributed by atoms with E-state index in [4.69, 9.17) is 19.4 Å². The first-order chi connectivity index (χ1) is 20.1. The number of hydrogen-bond acceptors (Lipinski definition) is 6. The van der Waals surface area contributed by atoms with Crippen LogP contribution in [0.4, 0.5) is 15.8 Å². The van der Waals surface area contributed by atoms with E-state index in [-0.39, 0.29) is 5.82 Å². The van der Waals surface area contributed by atoms with Crippen molar-refractivity contribution in [2.45, 2.75) is 0 Å². The van der Waals surface area contributed by atoms with Gasteiger partial charge in [0.2, 0.25) is 0 Å². The summed E-state index contributed by atoms with van der Waals surface area (Å²) in [7, 11) is 3.25. The Bertz CT molecular complexity index is 1850. The molecule has 206 valence electrons. The van der Waals surface area contributed by atoms with Gasteiger partial charge in [0.1, 0.15) is 17.5 Å². The van der Waals surface area contributed by atoms with Crippen molar-refractivity contribution in [2.24, 2.45) is 0 Å². The first-order valence-electron chi connectivity index (χ1n) is 13.6. The van der Waals surface area contributed by atoms with Crippen LogP contribution in [0.15, 0.2) is 78.9 Å². The molecule has 1 aliphatic heterocycles. The van der Waals surface area contributed by atoms with E-state index in [9.17, 15) is 4.39 Å². The number of ether oxygens (including phenoxy) is 2. The molecule has 2 N–H and O–H groups in total. The number of fused-ring (bicyclic) bond motifs is 2. The smallest absolute Gasteiger partial charge is 0.161 e. The second-order valence-corrected chi connectivity index (χ2v) is 10.1. The quantitative estimate of drug-likeness (QED) is 0.256. The van der Waals surface area contributed by atoms with E-state index >= 15 is 0 Å². The number of halogens is 1. The molecule has 1 fully saturated rings. The van der Waals surface area contributed by atoms with Crippen LogP contribution >= 0.6 is 0 Å². The summed E-state index contributed by atoms with van der Waals surface area (Å²) in [6, 6.07) is 25.0. The van der Waals surface area contributed by atoms with Gasteiger partial charge in [0.15, 0.2) is 11.5 Å². The normalized spacial score (nSPS) is 13.7. The number of H-pyrrole nitrogens is 2. The van der Waals surface area contributed by atoms with Crippen LogP contribution in [-0.4, -0.2) is 60.3 Å². The fourth-order valence-corrected chi connectivity index (χ4v) is 5.48. The van der Waals surface area contributed by atoms with Crippen LogP contribution in [-0.2, 0) is 0 Å². The van der Waals surface area contributed by atoms with Gasteiger partial charge in [-0.3, -0.25) is 0 Å². The lowest BCUT2D eigenvalue weighted by Crippen LogP contribution is -2.46. The lowest BCUT2D eigenvalue weighted by atomic mass is 10.2. The Morgan fingerprint density at radius 1 is 0.610 bits per heavy atom. The predicted molar refractivity (Wildman–Crippen MR) is 161 cm³/mol. The van der Waals surface area contributed by atoms with Crippen LogP contribution in [0.2, 0.25) is 0 Å². The second kappa shape index (κ2) is 10.2. The van der Waals surface area contributed by atoms with Gasteiger partial charge in [-0.25, -0.2) is 14.4 Å². The lowest BCUT2D eigenvalue weighted by molar-refractivity contribution is 0.355. The van der Waals surface area contributed by atoms with Crippen LogP contribution in [0.5, 0.6) is 11.5 Å². The Morgan fingerprint density at radius 2 is 1.15 bits per heavy atom. The third-order valence-electron chi connectivity index (χ3n) is 7.71. The fourth-order valence-electron chi connectivity index (χ4n) is 5.48. The zero-order valence-electron chi connectivity index (χ0n) is 22.8. The van der Waals surface area contributed by atoms with Crippen molar-refractivity contribution in [2.75, 3.05) is 50.2 Å². The number of rotatable bonds is 6. The van der Waals surface area contributed by atoms with Crippen molar-refractivity contribution in [1.82, 2.24) is 19.9 Å². The summed E-state index contributed by atoms with van der Waals surface area (Å²) in [6.45, 7) is 3.55. The summed E-state index contributed by atoms with van der Waals surface area (Å²) in [5, 5.41) is 0. The molecule has 1 saturated heterocycles. The number of imidazole rings is 2. The molecule has 2 aromatic heterocycles. The summed E-state index contributed by atoms with van der Waals surface area (Å²) >= 11 is 0. The average molecular weight is 549 g/mol. The van der Waals surface area contributed by atoms with E-state index in [1.165, 1.54) is 12.1 Å². The van der Waals surface area contributed by atoms with Crippen molar-refractivity contribution >= 4 is 33.4 Å². The second-order valence-electron chi connectivity index (χ2n) is 10.1. The highest BCUT2D eigenvalue weighted by Crippen LogP contribution is 2.33. The average Bonchev–Trinajstić information content (AvgIpc) is 3.65. The first kappa shape index (κ1) is 25.0. The highest BCUT2D eigenvalue weighted by Gasteiger charge is 2.19. The molecule has 7 rings (SSSR count). The Labute approximate surface area is 236 Å². The molecule has 0 atom stereocenters. The molecule has 4 aromatic carbocycles. The Kier molecular flexibility index (Phi) is 6.19. The van der Waals surface area contributed by atoms with E-state index in [2.05, 4.69) is 44.0 Å². The predicted octanol–water partition coefficient (Wildman–Crippen LogP) is 6.26. The van der Waals surface area contributed by atoms with Crippen LogP contribution in [0.25, 0.3) is 44.8 Å². The van der Waals surface area contributed by atoms with Gasteiger partial charge in [0.05, 0.1) is 36.3 Å². The third-order valence-corrected chi connectivity index (χ3v) is 7.71. The maximum Gasteiger partial charge on any atom is 0.161 e. The topological polar surface area (TPSA) is 82.3 Å². The van der Waals surface area contributed by atoms with Crippen molar-refractivity contribution in [1.29, 1.82) is 0 Å². The molecule has 9 heteroatoms. The number of methoxy groups -OCH3 is 2. The summed E-state index contributed by atoms with van der Waals surface area (Å²) in [6.07, 6.45) is 0. The van der Waals surface area contributed by atoms with Gasteiger partial charge in [0.25, 0.3) is 0 Å². The number of piperazine rings is 1. The Balaban J connectivity index is 1.11. The highest BCUT2D eigenvalue weighted by molar-refractivity contribution is 5.87. The minimum Gasteiger partial charge on any atom is -0.493 e. The van der Waals surface area contributed by atoms with E-state index < -0.39 is 0 Å². The van der Waals surface area contributed by atoms with Crippen molar-refractivity contribution < 1.29 is 13.9 Å². The number of benzene rings is 4. The molecule has 0 bridgehead atoms. The minimum absolute atomic E-state index is 0.205. The minimum atomic E-state index is -0.205. The van der Waals surface area contributed by atoms with E-state index in [1.54, 1.807) is 14.2 Å². The fraction of sp³-hybridized carbons (Fsp3) is 0.188. The van der Waals surface area contributed by atoms with Gasteiger partial charge in [-0.15, -0.1) is 0 Å². The van der Waals surface area contributed by atoms with Crippen molar-refractivity contribution in [3.05, 3.63) is 84.7 Å². The zero-order valence-corrected chi connectivity index (χ0v) is 22.8. The van der Waals surface area contributed by atoms with E-state index in [0.29, 0.717) is 11.5 Å². The number of anilines is 2. The Hall–Kier alpha value is -5.05. The van der Waals surface area contributed by atoms with Crippen LogP contribution < -0.4 is 19.3 Å². The third kappa shape index (κ3) is 4.69. The van der Waals surface area contributed by atoms with E-state index in [1.807, 2.05) is 42.5 Å². The number of aromatic nitrogens is 4. The van der Waals surface area contributed by atoms with Gasteiger partial charge in [-0.2, -0.15) is 0 Å². The molecule has 0 spiro atoms. The molecular formula is C32H29FN6O2. The van der Waals surface area contributed by atoms with Gasteiger partial charge < -0.3 is 29.2 Å². The largest absolute Gasteiger partial charge is 0.493 e. The molecule has 0 unspecified atom stereocenters. The number of nitrogens with zero attached hydrogens (tertiary/aromatic N) is 4. The van der Waals surface area contributed by atoms with Crippen LogP contribution in [0, 0.1) is 5.82 Å². The lowest BCUT2D eigenvalue weighted by Gasteiger charge is -2.37. The molecular weight excluding hydrogens is 519 g/mol. The maximum atomic E-state index is 13.3. The van der Waals surface area contributed by atoms with Gasteiger partial charge in [-0.1, -0.05) is 0 Å². The monoisotopic (exact) mass is 548 g/mol. The van der Waals surface area contributed by atoms with Gasteiger partial charge in [0, 0.05) is 48.7 Å². The number of hydrogen-bond donors (Lipinski definition) is 2. The zero-order chi connectivity index (χ0) is 27.9. The molecule has 41 heavy (non-hydrogen) atoms. The summed E-state index contributed by atoms with van der Waals surface area (Å²) in [5.74, 6) is 2.69. The van der Waals surface area contributed by atoms with Gasteiger partial charge >= 0.3 is 0 Å². The standard InChI is InChI=1S/C32H29FN6O2/c1-40-29-12-4-21(18-30(29)41-2)32-34-25-10-3-20(17-27(25)36-32)31-35-26-11-9-24(19-28(26)37-31)39-15-13-38(14-16-39)23-7-5-22(33)6-8-23/h3-12,17-19H,13-16H2,1-2H3,(H,34,36)(H,35,37). The molecule has 0 saturated carbocycles. The molecule has 0 aliphatic carbocycles. The molecule has 3 heterocycles. The molecule has 1 aliphatic rings. The van der Waals surface area contributed by atoms with Crippen molar-refractivity contribution in [3.63, 3.8) is 0 Å². The van der Waals surface area contributed by atoms with Gasteiger partial charge in [-0.05, 0) is 78.9 Å². The van der Waals surface area contributed by atoms with E-state index in [0.717, 1.165) is 82.4 Å².